The number of allylic oxidation sites excluding steroid dienone is 2. The fraction of sp³-hybridized carbons (Fsp3) is 0.610. The van der Waals surface area contributed by atoms with E-state index in [2.05, 4.69) is 43.3 Å². The van der Waals surface area contributed by atoms with Crippen LogP contribution in [0.3, 0.4) is 0 Å². The van der Waals surface area contributed by atoms with E-state index in [4.69, 9.17) is 23.7 Å². The Morgan fingerprint density at radius 1 is 0.654 bits per heavy atom. The van der Waals surface area contributed by atoms with Crippen LogP contribution in [0, 0.1) is 23.7 Å². The second kappa shape index (κ2) is 26.9. The van der Waals surface area contributed by atoms with Crippen LogP contribution in [0.15, 0.2) is 60.2 Å². The third kappa shape index (κ3) is 16.5. The first kappa shape index (κ1) is 60.3. The molecule has 8 rings (SSSR count). The highest BCUT2D eigenvalue weighted by molar-refractivity contribution is 6.00. The smallest absolute Gasteiger partial charge is 0.243 e. The molecule has 4 saturated heterocycles. The number of ketones is 2. The van der Waals surface area contributed by atoms with Crippen molar-refractivity contribution in [3.8, 4) is 11.5 Å². The Balaban J connectivity index is 0.897. The lowest BCUT2D eigenvalue weighted by molar-refractivity contribution is -0.134. The standard InChI is InChI=1S/C59H80N8O14/c1-34(61-50(69)31-67-19-21-79-22-20-67)53(72)65-47(25-36-9-15-43(77-5)16-10-36)56(75)63-45(51(70)58(3)32-80-58)27-38-7-13-40(23-38)41-14-8-39(24-41)28-46(52(71)59(4)33-81-59)64-57(76)48(26-37-11-17-44(78-6)18-12-37)66-54(73)35(2)62-55(74)42-29-49(68)60-30-42/h9-13,15-18,34-35,38-39,41-42,45-48H,7-8,14,19-33H2,1-6H3,(H,60,68)(H,61,69)(H,62,74)(H,63,75)(H,64,76)(H,65,72)(H,66,73). The average molecular weight is 1130 g/mol. The van der Waals surface area contributed by atoms with E-state index in [9.17, 15) is 43.2 Å². The number of hydrogen-bond donors (Lipinski definition) is 7. The van der Waals surface area contributed by atoms with Gasteiger partial charge in [0.1, 0.15) is 46.9 Å². The van der Waals surface area contributed by atoms with Crippen LogP contribution in [-0.2, 0) is 70.2 Å². The zero-order valence-corrected chi connectivity index (χ0v) is 47.4. The van der Waals surface area contributed by atoms with Crippen molar-refractivity contribution < 1.29 is 66.8 Å². The molecule has 440 valence electrons. The summed E-state index contributed by atoms with van der Waals surface area (Å²) in [6.07, 6.45) is 6.83. The lowest BCUT2D eigenvalue weighted by Gasteiger charge is -2.28. The molecule has 4 heterocycles. The molecule has 4 aliphatic heterocycles. The number of morpholine rings is 1. The number of carbonyl (C=O) groups is 9. The van der Waals surface area contributed by atoms with Crippen LogP contribution in [-0.4, -0.2) is 172 Å². The molecule has 22 nitrogen and oxygen atoms in total. The van der Waals surface area contributed by atoms with Crippen LogP contribution in [0.1, 0.15) is 90.2 Å². The third-order valence-corrected chi connectivity index (χ3v) is 16.7. The van der Waals surface area contributed by atoms with E-state index < -0.39 is 82.9 Å². The van der Waals surface area contributed by atoms with E-state index in [1.165, 1.54) is 12.5 Å². The number of benzene rings is 2. The zero-order valence-electron chi connectivity index (χ0n) is 47.4. The molecule has 81 heavy (non-hydrogen) atoms. The summed E-state index contributed by atoms with van der Waals surface area (Å²) in [5.41, 5.74) is 0.572. The molecule has 5 fully saturated rings. The fourth-order valence-corrected chi connectivity index (χ4v) is 11.4. The number of nitrogens with zero attached hydrogens (tertiary/aromatic N) is 1. The van der Waals surface area contributed by atoms with Crippen LogP contribution >= 0.6 is 0 Å². The summed E-state index contributed by atoms with van der Waals surface area (Å²) in [5, 5.41) is 19.7. The van der Waals surface area contributed by atoms with Gasteiger partial charge in [0, 0.05) is 38.9 Å². The van der Waals surface area contributed by atoms with Gasteiger partial charge >= 0.3 is 0 Å². The number of hydrogen-bond acceptors (Lipinski definition) is 15. The molecule has 0 aromatic heterocycles. The van der Waals surface area contributed by atoms with Gasteiger partial charge in [0.25, 0.3) is 0 Å². The van der Waals surface area contributed by atoms with Gasteiger partial charge < -0.3 is 60.9 Å². The Morgan fingerprint density at radius 2 is 1.15 bits per heavy atom. The summed E-state index contributed by atoms with van der Waals surface area (Å²) in [4.78, 5) is 124. The number of carbonyl (C=O) groups excluding carboxylic acids is 9. The maximum atomic E-state index is 14.5. The first-order valence-corrected chi connectivity index (χ1v) is 28.4. The summed E-state index contributed by atoms with van der Waals surface area (Å²) in [6, 6.07) is 8.06. The maximum absolute atomic E-state index is 14.5. The number of Topliss-reactive ketones (excluding diaryl/α,β-unsaturated/α-hetero) is 2. The highest BCUT2D eigenvalue weighted by atomic mass is 16.6. The Bertz CT molecular complexity index is 2670. The summed E-state index contributed by atoms with van der Waals surface area (Å²) in [5.74, 6) is -3.01. The number of amides is 7. The molecule has 22 heteroatoms. The van der Waals surface area contributed by atoms with E-state index >= 15 is 0 Å². The minimum atomic E-state index is -1.14. The highest BCUT2D eigenvalue weighted by Crippen LogP contribution is 2.45. The van der Waals surface area contributed by atoms with Crippen molar-refractivity contribution >= 4 is 52.9 Å². The summed E-state index contributed by atoms with van der Waals surface area (Å²) < 4.78 is 27.3. The highest BCUT2D eigenvalue weighted by Gasteiger charge is 2.52. The summed E-state index contributed by atoms with van der Waals surface area (Å²) in [6.45, 7) is 9.41. The van der Waals surface area contributed by atoms with Crippen molar-refractivity contribution in [2.75, 3.05) is 66.8 Å². The predicted molar refractivity (Wildman–Crippen MR) is 294 cm³/mol. The van der Waals surface area contributed by atoms with Crippen molar-refractivity contribution in [2.45, 2.75) is 139 Å². The molecule has 1 saturated carbocycles. The molecular formula is C59H80N8O14. The number of epoxide rings is 2. The Labute approximate surface area is 473 Å². The quantitative estimate of drug-likeness (QED) is 0.0465. The molecule has 0 bridgehead atoms. The van der Waals surface area contributed by atoms with Gasteiger partial charge in [-0.05, 0) is 126 Å². The maximum Gasteiger partial charge on any atom is 0.243 e. The molecule has 2 aromatic carbocycles. The van der Waals surface area contributed by atoms with Gasteiger partial charge in [0.2, 0.25) is 41.4 Å². The average Bonchev–Trinajstić information content (AvgIpc) is 4.20. The summed E-state index contributed by atoms with van der Waals surface area (Å²) in [7, 11) is 3.09. The lowest BCUT2D eigenvalue weighted by Crippen LogP contribution is -2.57. The Kier molecular flexibility index (Phi) is 20.0. The zero-order chi connectivity index (χ0) is 58.0. The molecule has 2 aliphatic carbocycles. The Morgan fingerprint density at radius 3 is 1.63 bits per heavy atom. The minimum Gasteiger partial charge on any atom is -0.497 e. The molecule has 12 atom stereocenters. The van der Waals surface area contributed by atoms with Gasteiger partial charge in [0.15, 0.2) is 11.6 Å². The van der Waals surface area contributed by atoms with Crippen LogP contribution in [0.5, 0.6) is 11.5 Å². The van der Waals surface area contributed by atoms with Crippen LogP contribution < -0.4 is 46.7 Å². The molecule has 7 N–H and O–H groups in total. The Hall–Kier alpha value is -6.75. The van der Waals surface area contributed by atoms with Crippen molar-refractivity contribution in [3.05, 3.63) is 71.3 Å². The molecule has 7 amide bonds. The van der Waals surface area contributed by atoms with Crippen molar-refractivity contribution in [3.63, 3.8) is 0 Å². The number of nitrogens with one attached hydrogen (secondary N) is 7. The van der Waals surface area contributed by atoms with Gasteiger partial charge in [-0.1, -0.05) is 35.9 Å². The van der Waals surface area contributed by atoms with Crippen molar-refractivity contribution in [2.24, 2.45) is 23.7 Å². The van der Waals surface area contributed by atoms with E-state index in [1.54, 1.807) is 83.5 Å². The van der Waals surface area contributed by atoms with E-state index in [-0.39, 0.29) is 86.7 Å². The van der Waals surface area contributed by atoms with Crippen LogP contribution in [0.4, 0.5) is 0 Å². The lowest BCUT2D eigenvalue weighted by atomic mass is 9.86. The monoisotopic (exact) mass is 1120 g/mol. The van der Waals surface area contributed by atoms with Crippen LogP contribution in [0.25, 0.3) is 0 Å². The van der Waals surface area contributed by atoms with E-state index in [1.807, 2.05) is 4.90 Å². The van der Waals surface area contributed by atoms with Crippen LogP contribution in [0.2, 0.25) is 0 Å². The fourth-order valence-electron chi connectivity index (χ4n) is 11.4. The van der Waals surface area contributed by atoms with Gasteiger partial charge in [-0.25, -0.2) is 0 Å². The second-order valence-corrected chi connectivity index (χ2v) is 23.2. The predicted octanol–water partition coefficient (Wildman–Crippen LogP) is 1.15. The topological polar surface area (TPSA) is 294 Å². The molecule has 12 unspecified atom stereocenters. The molecule has 6 aliphatic rings. The van der Waals surface area contributed by atoms with E-state index in [0.29, 0.717) is 69.0 Å². The van der Waals surface area contributed by atoms with Gasteiger partial charge in [0.05, 0.1) is 65.2 Å². The van der Waals surface area contributed by atoms with Gasteiger partial charge in [-0.3, -0.25) is 48.1 Å². The first-order valence-electron chi connectivity index (χ1n) is 28.4. The minimum absolute atomic E-state index is 0.00497. The molecule has 0 spiro atoms. The van der Waals surface area contributed by atoms with Gasteiger partial charge in [-0.15, -0.1) is 0 Å². The first-order chi connectivity index (χ1) is 38.7. The molecule has 2 aromatic rings. The van der Waals surface area contributed by atoms with Gasteiger partial charge in [-0.2, -0.15) is 0 Å². The molecule has 0 radical (unpaired) electrons. The number of rotatable bonds is 28. The SMILES string of the molecule is COc1ccc(CC(NC(=O)C(C)NC(=O)CN2CCOCC2)C(=O)NC(CC2CC=C(C3CCC(CC(NC(=O)C(Cc4ccc(OC)cc4)NC(=O)C(C)NC(=O)C4CNC(=O)C4)C(=O)C4(C)CO4)C3)C2)C(=O)C2(C)CO2)cc1. The largest absolute Gasteiger partial charge is 0.497 e. The summed E-state index contributed by atoms with van der Waals surface area (Å²) >= 11 is 0. The number of methoxy groups -OCH3 is 2. The second-order valence-electron chi connectivity index (χ2n) is 23.2. The third-order valence-electron chi connectivity index (χ3n) is 16.7. The van der Waals surface area contributed by atoms with E-state index in [0.717, 1.165) is 24.8 Å². The molecular weight excluding hydrogens is 1040 g/mol. The van der Waals surface area contributed by atoms with Crippen molar-refractivity contribution in [1.82, 2.24) is 42.1 Å². The normalized spacial score (nSPS) is 26.2. The van der Waals surface area contributed by atoms with Crippen molar-refractivity contribution in [1.29, 1.82) is 0 Å². The number of ether oxygens (including phenoxy) is 5.